The van der Waals surface area contributed by atoms with Crippen molar-refractivity contribution in [1.82, 2.24) is 10.9 Å². The van der Waals surface area contributed by atoms with Gasteiger partial charge in [0, 0.05) is 18.5 Å². The highest BCUT2D eigenvalue weighted by molar-refractivity contribution is 5.16. The number of nitrogens with one attached hydrogen (secondary N) is 2. The molecule has 5 aliphatic rings. The molecule has 4 aliphatic carbocycles. The predicted molar refractivity (Wildman–Crippen MR) is 79.4 cm³/mol. The van der Waals surface area contributed by atoms with Crippen LogP contribution in [0.15, 0.2) is 18.2 Å². The average Bonchev–Trinajstić information content (AvgIpc) is 3.12. The monoisotopic (exact) mass is 269 g/mol. The van der Waals surface area contributed by atoms with E-state index in [1.165, 1.54) is 38.6 Å². The number of hydrogen-bond donors (Lipinski definition) is 2. The quantitative estimate of drug-likeness (QED) is 0.661. The summed E-state index contributed by atoms with van der Waals surface area (Å²) in [5.74, 6) is 6.21. The lowest BCUT2D eigenvalue weighted by Gasteiger charge is -2.51. The van der Waals surface area contributed by atoms with Crippen molar-refractivity contribution in [2.75, 3.05) is 6.54 Å². The van der Waals surface area contributed by atoms with Gasteiger partial charge in [0.05, 0.1) is 0 Å². The maximum Gasteiger partial charge on any atom is 0.0256 e. The summed E-state index contributed by atoms with van der Waals surface area (Å²) in [6.07, 6.45) is 18.1. The number of allylic oxidation sites excluding steroid dienone is 4. The third-order valence-corrected chi connectivity index (χ3v) is 7.07. The van der Waals surface area contributed by atoms with Crippen molar-refractivity contribution in [3.8, 4) is 0 Å². The van der Waals surface area contributed by atoms with E-state index in [0.29, 0.717) is 5.92 Å². The molecule has 0 aromatic heterocycles. The van der Waals surface area contributed by atoms with Gasteiger partial charge in [0.15, 0.2) is 0 Å². The third kappa shape index (κ3) is 1.64. The summed E-state index contributed by atoms with van der Waals surface area (Å²) < 4.78 is 0. The van der Waals surface area contributed by atoms with Gasteiger partial charge in [0.2, 0.25) is 0 Å². The first-order valence-corrected chi connectivity index (χ1v) is 8.64. The summed E-state index contributed by atoms with van der Waals surface area (Å²) in [4.78, 5) is 0. The van der Waals surface area contributed by atoms with E-state index < -0.39 is 0 Å². The Morgan fingerprint density at radius 2 is 1.95 bits per heavy atom. The minimum absolute atomic E-state index is 0.652. The first-order chi connectivity index (χ1) is 9.90. The van der Waals surface area contributed by atoms with Gasteiger partial charge in [-0.05, 0) is 73.7 Å². The molecule has 0 aromatic rings. The SMILES string of the molecule is [C]1=CCC2C1C=CC1C3CC4CNNC4CC3CCC12. The molecule has 2 nitrogen and oxygen atoms in total. The fourth-order valence-corrected chi connectivity index (χ4v) is 6.13. The number of hydrazine groups is 1. The normalized spacial score (nSPS) is 56.0. The molecular weight excluding hydrogens is 244 g/mol. The lowest BCUT2D eigenvalue weighted by atomic mass is 9.54. The van der Waals surface area contributed by atoms with E-state index in [-0.39, 0.29) is 0 Å². The standard InChI is InChI=1S/C18H25N2/c1-2-11-4-6-16-15(14(11)3-1)7-5-12-9-18-13(8-17(12)16)10-19-20-18/h1,4,6,11-20H,3,5,7-10H2. The van der Waals surface area contributed by atoms with Gasteiger partial charge in [0.25, 0.3) is 0 Å². The number of hydrogen-bond acceptors (Lipinski definition) is 2. The fraction of sp³-hybridized carbons (Fsp3) is 0.778. The Balaban J connectivity index is 1.42. The van der Waals surface area contributed by atoms with Crippen LogP contribution < -0.4 is 10.9 Å². The zero-order valence-electron chi connectivity index (χ0n) is 12.1. The van der Waals surface area contributed by atoms with Gasteiger partial charge in [-0.2, -0.15) is 0 Å². The Morgan fingerprint density at radius 3 is 2.95 bits per heavy atom. The van der Waals surface area contributed by atoms with Crippen LogP contribution in [0.4, 0.5) is 0 Å². The van der Waals surface area contributed by atoms with E-state index in [1.54, 1.807) is 0 Å². The van der Waals surface area contributed by atoms with Crippen LogP contribution in [0.5, 0.6) is 0 Å². The summed E-state index contributed by atoms with van der Waals surface area (Å²) in [6.45, 7) is 1.19. The molecule has 107 valence electrons. The van der Waals surface area contributed by atoms with E-state index in [9.17, 15) is 0 Å². The molecule has 2 saturated carbocycles. The van der Waals surface area contributed by atoms with Crippen molar-refractivity contribution >= 4 is 0 Å². The summed E-state index contributed by atoms with van der Waals surface area (Å²) in [7, 11) is 0. The van der Waals surface area contributed by atoms with Crippen LogP contribution >= 0.6 is 0 Å². The highest BCUT2D eigenvalue weighted by atomic mass is 15.4. The van der Waals surface area contributed by atoms with Crippen LogP contribution in [0, 0.1) is 47.5 Å². The molecule has 0 bridgehead atoms. The molecule has 2 heteroatoms. The molecule has 0 spiro atoms. The Hall–Kier alpha value is -0.600. The second-order valence-corrected chi connectivity index (χ2v) is 7.79. The van der Waals surface area contributed by atoms with E-state index in [4.69, 9.17) is 0 Å². The van der Waals surface area contributed by atoms with E-state index in [0.717, 1.165) is 41.5 Å². The molecule has 0 aromatic carbocycles. The van der Waals surface area contributed by atoms with Crippen LogP contribution in [0.3, 0.4) is 0 Å². The highest BCUT2D eigenvalue weighted by Crippen LogP contribution is 2.55. The van der Waals surface area contributed by atoms with Crippen LogP contribution in [-0.2, 0) is 0 Å². The van der Waals surface area contributed by atoms with Gasteiger partial charge in [-0.3, -0.25) is 10.9 Å². The molecule has 20 heavy (non-hydrogen) atoms. The van der Waals surface area contributed by atoms with Gasteiger partial charge in [-0.1, -0.05) is 18.2 Å². The van der Waals surface area contributed by atoms with Crippen LogP contribution in [0.1, 0.15) is 32.1 Å². The van der Waals surface area contributed by atoms with Crippen molar-refractivity contribution in [3.63, 3.8) is 0 Å². The molecular formula is C18H25N2. The van der Waals surface area contributed by atoms with E-state index >= 15 is 0 Å². The van der Waals surface area contributed by atoms with Gasteiger partial charge < -0.3 is 0 Å². The van der Waals surface area contributed by atoms with Crippen molar-refractivity contribution in [2.45, 2.75) is 38.1 Å². The summed E-state index contributed by atoms with van der Waals surface area (Å²) in [6, 6.07) is 0.759. The zero-order valence-corrected chi connectivity index (χ0v) is 12.1. The van der Waals surface area contributed by atoms with Crippen molar-refractivity contribution in [1.29, 1.82) is 0 Å². The second-order valence-electron chi connectivity index (χ2n) is 7.79. The Morgan fingerprint density at radius 1 is 0.950 bits per heavy atom. The fourth-order valence-electron chi connectivity index (χ4n) is 6.13. The number of rotatable bonds is 0. The molecule has 1 saturated heterocycles. The first kappa shape index (κ1) is 12.0. The molecule has 8 unspecified atom stereocenters. The Labute approximate surface area is 122 Å². The molecule has 5 rings (SSSR count). The molecule has 3 fully saturated rings. The minimum atomic E-state index is 0.652. The van der Waals surface area contributed by atoms with Crippen molar-refractivity contribution in [3.05, 3.63) is 24.3 Å². The highest BCUT2D eigenvalue weighted by Gasteiger charge is 2.49. The molecule has 1 aliphatic heterocycles. The van der Waals surface area contributed by atoms with Crippen LogP contribution in [-0.4, -0.2) is 12.6 Å². The summed E-state index contributed by atoms with van der Waals surface area (Å²) in [5.41, 5.74) is 6.92. The van der Waals surface area contributed by atoms with Gasteiger partial charge in [-0.15, -0.1) is 0 Å². The largest absolute Gasteiger partial charge is 0.257 e. The van der Waals surface area contributed by atoms with Crippen LogP contribution in [0.2, 0.25) is 0 Å². The van der Waals surface area contributed by atoms with Crippen LogP contribution in [0.25, 0.3) is 0 Å². The Kier molecular flexibility index (Phi) is 2.67. The molecule has 1 radical (unpaired) electrons. The molecule has 8 atom stereocenters. The smallest absolute Gasteiger partial charge is 0.0256 e. The van der Waals surface area contributed by atoms with E-state index in [2.05, 4.69) is 35.2 Å². The maximum atomic E-state index is 3.57. The predicted octanol–water partition coefficient (Wildman–Crippen LogP) is 2.70. The van der Waals surface area contributed by atoms with Crippen molar-refractivity contribution < 1.29 is 0 Å². The zero-order chi connectivity index (χ0) is 13.1. The molecule has 2 N–H and O–H groups in total. The van der Waals surface area contributed by atoms with Crippen molar-refractivity contribution in [2.24, 2.45) is 41.4 Å². The molecule has 1 heterocycles. The number of fused-ring (bicyclic) bond motifs is 6. The second kappa shape index (κ2) is 4.45. The summed E-state index contributed by atoms with van der Waals surface area (Å²) in [5, 5.41) is 0. The minimum Gasteiger partial charge on any atom is -0.257 e. The first-order valence-electron chi connectivity index (χ1n) is 8.64. The Bertz CT molecular complexity index is 454. The lowest BCUT2D eigenvalue weighted by Crippen LogP contribution is -2.47. The van der Waals surface area contributed by atoms with Gasteiger partial charge in [0.1, 0.15) is 0 Å². The lowest BCUT2D eigenvalue weighted by molar-refractivity contribution is 0.0197. The molecule has 0 amide bonds. The van der Waals surface area contributed by atoms with Gasteiger partial charge in [-0.25, -0.2) is 0 Å². The third-order valence-electron chi connectivity index (χ3n) is 7.07. The van der Waals surface area contributed by atoms with E-state index in [1.807, 2.05) is 0 Å². The maximum absolute atomic E-state index is 3.57. The topological polar surface area (TPSA) is 24.1 Å². The van der Waals surface area contributed by atoms with Gasteiger partial charge >= 0.3 is 0 Å². The summed E-state index contributed by atoms with van der Waals surface area (Å²) >= 11 is 0. The average molecular weight is 269 g/mol.